The summed E-state index contributed by atoms with van der Waals surface area (Å²) in [4.78, 5) is 21.9. The highest BCUT2D eigenvalue weighted by Crippen LogP contribution is 2.26. The van der Waals surface area contributed by atoms with Crippen LogP contribution in [0.1, 0.15) is 20.8 Å². The maximum absolute atomic E-state index is 12.1. The van der Waals surface area contributed by atoms with E-state index >= 15 is 0 Å². The summed E-state index contributed by atoms with van der Waals surface area (Å²) in [7, 11) is 0. The molecule has 0 aromatic carbocycles. The molecule has 0 aliphatic rings. The van der Waals surface area contributed by atoms with E-state index in [1.54, 1.807) is 11.8 Å². The monoisotopic (exact) mass is 330 g/mol. The van der Waals surface area contributed by atoms with E-state index in [1.165, 1.54) is 6.33 Å². The molecular formula is C11H19BrN6O. The number of amides is 1. The van der Waals surface area contributed by atoms with E-state index < -0.39 is 0 Å². The number of nitrogen functional groups attached to an aromatic ring is 1. The van der Waals surface area contributed by atoms with Crippen molar-refractivity contribution in [2.75, 3.05) is 23.8 Å². The molecule has 1 rings (SSSR count). The van der Waals surface area contributed by atoms with Gasteiger partial charge in [-0.1, -0.05) is 0 Å². The Bertz CT molecular complexity index is 437. The largest absolute Gasteiger partial charge is 0.358 e. The van der Waals surface area contributed by atoms with Crippen LogP contribution in [0.3, 0.4) is 0 Å². The Morgan fingerprint density at radius 1 is 1.42 bits per heavy atom. The van der Waals surface area contributed by atoms with Crippen LogP contribution in [0, 0.1) is 0 Å². The highest BCUT2D eigenvalue weighted by molar-refractivity contribution is 9.10. The second-order valence-corrected chi connectivity index (χ2v) is 4.70. The zero-order valence-electron chi connectivity index (χ0n) is 11.3. The highest BCUT2D eigenvalue weighted by Gasteiger charge is 2.19. The van der Waals surface area contributed by atoms with Gasteiger partial charge in [0.1, 0.15) is 22.7 Å². The van der Waals surface area contributed by atoms with Gasteiger partial charge in [-0.15, -0.1) is 0 Å². The normalized spacial score (nSPS) is 11.8. The maximum atomic E-state index is 12.1. The number of aromatic nitrogens is 2. The van der Waals surface area contributed by atoms with Crippen LogP contribution in [0.4, 0.5) is 11.6 Å². The molecule has 0 saturated heterocycles. The molecule has 0 bridgehead atoms. The standard InChI is InChI=1S/C11H19BrN6O/c1-4-18(5-2)11(19)7(3)16-9-8(12)10(17-13)15-6-14-9/h6-7H,4-5,13H2,1-3H3,(H2,14,15,16,17). The molecule has 19 heavy (non-hydrogen) atoms. The number of hydrogen-bond acceptors (Lipinski definition) is 6. The smallest absolute Gasteiger partial charge is 0.244 e. The van der Waals surface area contributed by atoms with Crippen molar-refractivity contribution in [3.63, 3.8) is 0 Å². The molecule has 1 aromatic rings. The van der Waals surface area contributed by atoms with Crippen LogP contribution in [0.5, 0.6) is 0 Å². The van der Waals surface area contributed by atoms with Gasteiger partial charge in [0.25, 0.3) is 0 Å². The van der Waals surface area contributed by atoms with Crippen LogP contribution in [-0.4, -0.2) is 39.9 Å². The number of rotatable bonds is 6. The van der Waals surface area contributed by atoms with Crippen LogP contribution in [0.15, 0.2) is 10.8 Å². The number of anilines is 2. The van der Waals surface area contributed by atoms with Gasteiger partial charge < -0.3 is 15.6 Å². The van der Waals surface area contributed by atoms with E-state index in [9.17, 15) is 4.79 Å². The SMILES string of the molecule is CCN(CC)C(=O)C(C)Nc1ncnc(NN)c1Br. The first-order valence-corrected chi connectivity index (χ1v) is 6.86. The minimum atomic E-state index is -0.378. The lowest BCUT2D eigenvalue weighted by Crippen LogP contribution is -2.41. The number of carbonyl (C=O) groups excluding carboxylic acids is 1. The zero-order valence-corrected chi connectivity index (χ0v) is 12.9. The topological polar surface area (TPSA) is 96.2 Å². The average molecular weight is 331 g/mol. The van der Waals surface area contributed by atoms with Gasteiger partial charge in [-0.25, -0.2) is 15.8 Å². The average Bonchev–Trinajstić information content (AvgIpc) is 2.42. The second-order valence-electron chi connectivity index (χ2n) is 3.91. The van der Waals surface area contributed by atoms with E-state index in [0.717, 1.165) is 0 Å². The lowest BCUT2D eigenvalue weighted by molar-refractivity contribution is -0.131. The lowest BCUT2D eigenvalue weighted by atomic mass is 10.2. The Kier molecular flexibility index (Phi) is 5.97. The first-order chi connectivity index (χ1) is 9.04. The van der Waals surface area contributed by atoms with E-state index in [-0.39, 0.29) is 11.9 Å². The summed E-state index contributed by atoms with van der Waals surface area (Å²) in [5.41, 5.74) is 2.45. The summed E-state index contributed by atoms with van der Waals surface area (Å²) < 4.78 is 0.594. The third kappa shape index (κ3) is 3.77. The van der Waals surface area contributed by atoms with Crippen LogP contribution < -0.4 is 16.6 Å². The van der Waals surface area contributed by atoms with Gasteiger partial charge in [0, 0.05) is 13.1 Å². The molecule has 1 atom stereocenters. The van der Waals surface area contributed by atoms with Crippen molar-refractivity contribution in [3.8, 4) is 0 Å². The molecule has 106 valence electrons. The number of halogens is 1. The van der Waals surface area contributed by atoms with Gasteiger partial charge in [-0.2, -0.15) is 0 Å². The third-order valence-electron chi connectivity index (χ3n) is 2.72. The molecule has 0 aliphatic heterocycles. The number of hydrazine groups is 1. The summed E-state index contributed by atoms with van der Waals surface area (Å²) in [6.07, 6.45) is 1.37. The fraction of sp³-hybridized carbons (Fsp3) is 0.545. The van der Waals surface area contributed by atoms with Gasteiger partial charge in [0.05, 0.1) is 0 Å². The zero-order chi connectivity index (χ0) is 14.4. The molecular weight excluding hydrogens is 312 g/mol. The Morgan fingerprint density at radius 3 is 2.53 bits per heavy atom. The molecule has 8 heteroatoms. The predicted octanol–water partition coefficient (Wildman–Crippen LogP) is 1.19. The summed E-state index contributed by atoms with van der Waals surface area (Å²) in [6, 6.07) is -0.378. The van der Waals surface area contributed by atoms with Crippen molar-refractivity contribution in [2.45, 2.75) is 26.8 Å². The van der Waals surface area contributed by atoms with Crippen molar-refractivity contribution in [1.82, 2.24) is 14.9 Å². The van der Waals surface area contributed by atoms with Gasteiger partial charge in [-0.05, 0) is 36.7 Å². The first kappa shape index (κ1) is 15.6. The molecule has 1 unspecified atom stereocenters. The molecule has 0 aliphatic carbocycles. The number of carbonyl (C=O) groups is 1. The number of hydrogen-bond donors (Lipinski definition) is 3. The first-order valence-electron chi connectivity index (χ1n) is 6.07. The van der Waals surface area contributed by atoms with Gasteiger partial charge in [-0.3, -0.25) is 4.79 Å². The molecule has 7 nitrogen and oxygen atoms in total. The van der Waals surface area contributed by atoms with Crippen LogP contribution >= 0.6 is 15.9 Å². The summed E-state index contributed by atoms with van der Waals surface area (Å²) >= 11 is 3.34. The van der Waals surface area contributed by atoms with Crippen molar-refractivity contribution in [1.29, 1.82) is 0 Å². The fourth-order valence-electron chi connectivity index (χ4n) is 1.65. The molecule has 0 fully saturated rings. The van der Waals surface area contributed by atoms with E-state index in [4.69, 9.17) is 5.84 Å². The number of nitrogens with two attached hydrogens (primary N) is 1. The predicted molar refractivity (Wildman–Crippen MR) is 78.6 cm³/mol. The minimum Gasteiger partial charge on any atom is -0.358 e. The van der Waals surface area contributed by atoms with Crippen molar-refractivity contribution >= 4 is 33.5 Å². The maximum Gasteiger partial charge on any atom is 0.244 e. The van der Waals surface area contributed by atoms with E-state index in [0.29, 0.717) is 29.2 Å². The lowest BCUT2D eigenvalue weighted by Gasteiger charge is -2.24. The van der Waals surface area contributed by atoms with Crippen molar-refractivity contribution in [3.05, 3.63) is 10.8 Å². The Morgan fingerprint density at radius 2 is 2.00 bits per heavy atom. The number of nitrogens with zero attached hydrogens (tertiary/aromatic N) is 3. The van der Waals surface area contributed by atoms with Crippen LogP contribution in [-0.2, 0) is 4.79 Å². The summed E-state index contributed by atoms with van der Waals surface area (Å²) in [5.74, 6) is 6.34. The quantitative estimate of drug-likeness (QED) is 0.535. The molecule has 1 aromatic heterocycles. The van der Waals surface area contributed by atoms with Gasteiger partial charge >= 0.3 is 0 Å². The minimum absolute atomic E-state index is 0.0257. The highest BCUT2D eigenvalue weighted by atomic mass is 79.9. The molecule has 0 spiro atoms. The van der Waals surface area contributed by atoms with Crippen molar-refractivity contribution < 1.29 is 4.79 Å². The number of nitrogens with one attached hydrogen (secondary N) is 2. The van der Waals surface area contributed by atoms with Crippen LogP contribution in [0.25, 0.3) is 0 Å². The molecule has 0 saturated carbocycles. The summed E-state index contributed by atoms with van der Waals surface area (Å²) in [5, 5.41) is 3.05. The number of likely N-dealkylation sites (N-methyl/N-ethyl adjacent to an activating group) is 1. The van der Waals surface area contributed by atoms with Crippen molar-refractivity contribution in [2.24, 2.45) is 5.84 Å². The molecule has 1 heterocycles. The second kappa shape index (κ2) is 7.25. The fourth-order valence-corrected chi connectivity index (χ4v) is 2.08. The van der Waals surface area contributed by atoms with E-state index in [1.807, 2.05) is 13.8 Å². The Balaban J connectivity index is 2.82. The van der Waals surface area contributed by atoms with Crippen LogP contribution in [0.2, 0.25) is 0 Å². The third-order valence-corrected chi connectivity index (χ3v) is 3.48. The van der Waals surface area contributed by atoms with Gasteiger partial charge in [0.2, 0.25) is 5.91 Å². The Hall–Kier alpha value is -1.41. The molecule has 0 radical (unpaired) electrons. The molecule has 4 N–H and O–H groups in total. The Labute approximate surface area is 121 Å². The molecule has 1 amide bonds. The van der Waals surface area contributed by atoms with Gasteiger partial charge in [0.15, 0.2) is 5.82 Å². The summed E-state index contributed by atoms with van der Waals surface area (Å²) in [6.45, 7) is 7.06. The van der Waals surface area contributed by atoms with E-state index in [2.05, 4.69) is 36.6 Å².